The van der Waals surface area contributed by atoms with Crippen LogP contribution in [-0.4, -0.2) is 35.3 Å². The fraction of sp³-hybridized carbons (Fsp3) is 0.304. The first-order valence-electron chi connectivity index (χ1n) is 10.2. The molecule has 8 nitrogen and oxygen atoms in total. The highest BCUT2D eigenvalue weighted by molar-refractivity contribution is 5.95. The van der Waals surface area contributed by atoms with Crippen molar-refractivity contribution >= 4 is 23.4 Å². The van der Waals surface area contributed by atoms with Gasteiger partial charge in [0, 0.05) is 36.1 Å². The van der Waals surface area contributed by atoms with Gasteiger partial charge in [-0.05, 0) is 50.1 Å². The molecule has 0 bridgehead atoms. The van der Waals surface area contributed by atoms with Crippen molar-refractivity contribution in [3.63, 3.8) is 0 Å². The third kappa shape index (κ3) is 4.64. The second kappa shape index (κ2) is 8.69. The zero-order chi connectivity index (χ0) is 22.0. The number of carbonyl (C=O) groups is 1. The summed E-state index contributed by atoms with van der Waals surface area (Å²) in [7, 11) is 0. The van der Waals surface area contributed by atoms with E-state index in [0.29, 0.717) is 30.6 Å². The zero-order valence-electron chi connectivity index (χ0n) is 17.8. The van der Waals surface area contributed by atoms with Gasteiger partial charge >= 0.3 is 6.03 Å². The second-order valence-corrected chi connectivity index (χ2v) is 7.73. The van der Waals surface area contributed by atoms with Gasteiger partial charge in [0.2, 0.25) is 0 Å². The number of nitrogens with zero attached hydrogens (tertiary/aromatic N) is 2. The fourth-order valence-corrected chi connectivity index (χ4v) is 3.42. The van der Waals surface area contributed by atoms with Gasteiger partial charge in [-0.3, -0.25) is 4.90 Å². The molecule has 1 fully saturated rings. The normalized spacial score (nSPS) is 13.6. The molecule has 0 unspecified atom stereocenters. The molecule has 0 spiro atoms. The number of anilines is 3. The Morgan fingerprint density at radius 2 is 2.13 bits per heavy atom. The number of rotatable bonds is 7. The number of aryl methyl sites for hydroxylation is 1. The number of benzene rings is 2. The third-order valence-electron chi connectivity index (χ3n) is 4.95. The maximum absolute atomic E-state index is 12.2. The predicted octanol–water partition coefficient (Wildman–Crippen LogP) is 4.20. The maximum Gasteiger partial charge on any atom is 0.321 e. The van der Waals surface area contributed by atoms with E-state index in [9.17, 15) is 9.90 Å². The summed E-state index contributed by atoms with van der Waals surface area (Å²) >= 11 is 0. The van der Waals surface area contributed by atoms with Crippen LogP contribution in [0.4, 0.5) is 22.2 Å². The summed E-state index contributed by atoms with van der Waals surface area (Å²) < 4.78 is 11.8. The summed E-state index contributed by atoms with van der Waals surface area (Å²) in [5.74, 6) is 1.20. The van der Waals surface area contributed by atoms with Gasteiger partial charge in [0.15, 0.2) is 5.76 Å². The van der Waals surface area contributed by atoms with Crippen molar-refractivity contribution < 1.29 is 19.1 Å². The Morgan fingerprint density at radius 1 is 1.29 bits per heavy atom. The van der Waals surface area contributed by atoms with Gasteiger partial charge in [-0.15, -0.1) is 0 Å². The molecule has 2 aromatic carbocycles. The Balaban J connectivity index is 1.65. The first-order chi connectivity index (χ1) is 14.9. The first-order valence-corrected chi connectivity index (χ1v) is 10.2. The number of nitrogens with one attached hydrogen (secondary N) is 2. The number of hydrogen-bond donors (Lipinski definition) is 3. The Bertz CT molecular complexity index is 1090. The molecule has 4 rings (SSSR count). The minimum atomic E-state index is -0.133. The van der Waals surface area contributed by atoms with Gasteiger partial charge < -0.3 is 24.9 Å². The van der Waals surface area contributed by atoms with Crippen molar-refractivity contribution in [3.05, 3.63) is 53.7 Å². The number of aliphatic hydroxyl groups excluding tert-OH is 1. The Hall–Kier alpha value is -3.52. The van der Waals surface area contributed by atoms with Crippen LogP contribution in [0.15, 0.2) is 47.0 Å². The van der Waals surface area contributed by atoms with E-state index in [1.807, 2.05) is 57.2 Å². The molecule has 162 valence electrons. The SMILES string of the molecule is Cc1ccc(CO)cc1Nc1ncc(-c2cc(OC(C)C)cc(N3CCNC3=O)c2)o1. The lowest BCUT2D eigenvalue weighted by Crippen LogP contribution is -2.27. The highest BCUT2D eigenvalue weighted by Crippen LogP contribution is 2.33. The van der Waals surface area contributed by atoms with E-state index in [-0.39, 0.29) is 18.7 Å². The van der Waals surface area contributed by atoms with Crippen molar-refractivity contribution in [2.75, 3.05) is 23.3 Å². The van der Waals surface area contributed by atoms with Gasteiger partial charge in [0.1, 0.15) is 5.75 Å². The third-order valence-corrected chi connectivity index (χ3v) is 4.95. The minimum absolute atomic E-state index is 0.00997. The molecule has 2 heterocycles. The molecule has 1 aromatic heterocycles. The van der Waals surface area contributed by atoms with Crippen LogP contribution in [0.25, 0.3) is 11.3 Å². The lowest BCUT2D eigenvalue weighted by atomic mass is 10.1. The summed E-state index contributed by atoms with van der Waals surface area (Å²) in [5.41, 5.74) is 4.11. The van der Waals surface area contributed by atoms with Gasteiger partial charge in [-0.2, -0.15) is 0 Å². The maximum atomic E-state index is 12.2. The van der Waals surface area contributed by atoms with E-state index in [2.05, 4.69) is 15.6 Å². The summed E-state index contributed by atoms with van der Waals surface area (Å²) in [5, 5.41) is 15.4. The molecule has 8 heteroatoms. The lowest BCUT2D eigenvalue weighted by Gasteiger charge is -2.18. The highest BCUT2D eigenvalue weighted by Gasteiger charge is 2.23. The molecular weight excluding hydrogens is 396 g/mol. The summed E-state index contributed by atoms with van der Waals surface area (Å²) in [4.78, 5) is 18.2. The van der Waals surface area contributed by atoms with Crippen molar-refractivity contribution in [1.29, 1.82) is 0 Å². The Kier molecular flexibility index (Phi) is 5.81. The molecule has 0 radical (unpaired) electrons. The molecule has 0 aliphatic carbocycles. The van der Waals surface area contributed by atoms with E-state index in [0.717, 1.165) is 28.1 Å². The van der Waals surface area contributed by atoms with Crippen LogP contribution in [0, 0.1) is 6.92 Å². The van der Waals surface area contributed by atoms with Gasteiger partial charge in [0.05, 0.1) is 18.9 Å². The van der Waals surface area contributed by atoms with Crippen LogP contribution in [0.5, 0.6) is 5.75 Å². The van der Waals surface area contributed by atoms with Crippen LogP contribution in [0.1, 0.15) is 25.0 Å². The van der Waals surface area contributed by atoms with Crippen LogP contribution in [-0.2, 0) is 6.61 Å². The predicted molar refractivity (Wildman–Crippen MR) is 119 cm³/mol. The topological polar surface area (TPSA) is 99.9 Å². The molecular formula is C23H26N4O4. The quantitative estimate of drug-likeness (QED) is 0.528. The second-order valence-electron chi connectivity index (χ2n) is 7.73. The van der Waals surface area contributed by atoms with Crippen molar-refractivity contribution in [2.24, 2.45) is 0 Å². The van der Waals surface area contributed by atoms with Crippen LogP contribution in [0.3, 0.4) is 0 Å². The van der Waals surface area contributed by atoms with Gasteiger partial charge in [0.25, 0.3) is 6.01 Å². The summed E-state index contributed by atoms with van der Waals surface area (Å²) in [6, 6.07) is 11.5. The molecule has 1 aliphatic heterocycles. The first kappa shape index (κ1) is 20.7. The van der Waals surface area contributed by atoms with Crippen LogP contribution in [0.2, 0.25) is 0 Å². The van der Waals surface area contributed by atoms with Gasteiger partial charge in [-0.25, -0.2) is 9.78 Å². The van der Waals surface area contributed by atoms with E-state index >= 15 is 0 Å². The van der Waals surface area contributed by atoms with E-state index < -0.39 is 0 Å². The average Bonchev–Trinajstić information content (AvgIpc) is 3.38. The number of aliphatic hydroxyl groups is 1. The molecule has 1 aliphatic rings. The number of amides is 2. The average molecular weight is 422 g/mol. The minimum Gasteiger partial charge on any atom is -0.491 e. The van der Waals surface area contributed by atoms with Crippen molar-refractivity contribution in [1.82, 2.24) is 10.3 Å². The molecule has 0 atom stereocenters. The highest BCUT2D eigenvalue weighted by atomic mass is 16.5. The molecule has 0 saturated carbocycles. The largest absolute Gasteiger partial charge is 0.491 e. The smallest absolute Gasteiger partial charge is 0.321 e. The Labute approximate surface area is 180 Å². The molecule has 2 amide bonds. The molecule has 3 aromatic rings. The summed E-state index contributed by atoms with van der Waals surface area (Å²) in [6.45, 7) is 7.02. The van der Waals surface area contributed by atoms with Crippen molar-refractivity contribution in [3.8, 4) is 17.1 Å². The number of hydrogen-bond acceptors (Lipinski definition) is 6. The fourth-order valence-electron chi connectivity index (χ4n) is 3.42. The number of oxazole rings is 1. The molecule has 31 heavy (non-hydrogen) atoms. The standard InChI is InChI=1S/C23H26N4O4/c1-14(2)30-19-10-17(9-18(11-19)27-7-6-24-23(27)29)21-12-25-22(31-21)26-20-8-16(13-28)5-4-15(20)3/h4-5,8-12,14,28H,6-7,13H2,1-3H3,(H,24,29)(H,25,26). The van der Waals surface area contributed by atoms with E-state index in [4.69, 9.17) is 9.15 Å². The van der Waals surface area contributed by atoms with Crippen LogP contribution < -0.4 is 20.3 Å². The zero-order valence-corrected chi connectivity index (χ0v) is 17.8. The van der Waals surface area contributed by atoms with Crippen LogP contribution >= 0.6 is 0 Å². The lowest BCUT2D eigenvalue weighted by molar-refractivity contribution is 0.242. The van der Waals surface area contributed by atoms with Gasteiger partial charge in [-0.1, -0.05) is 12.1 Å². The Morgan fingerprint density at radius 3 is 2.84 bits per heavy atom. The van der Waals surface area contributed by atoms with E-state index in [1.54, 1.807) is 11.1 Å². The number of urea groups is 1. The number of ether oxygens (including phenoxy) is 1. The monoisotopic (exact) mass is 422 g/mol. The van der Waals surface area contributed by atoms with Crippen molar-refractivity contribution in [2.45, 2.75) is 33.5 Å². The van der Waals surface area contributed by atoms with E-state index in [1.165, 1.54) is 0 Å². The number of carbonyl (C=O) groups excluding carboxylic acids is 1. The molecule has 3 N–H and O–H groups in total. The molecule has 1 saturated heterocycles. The number of aromatic nitrogens is 1. The summed E-state index contributed by atoms with van der Waals surface area (Å²) in [6.07, 6.45) is 1.62.